The summed E-state index contributed by atoms with van der Waals surface area (Å²) >= 11 is 9.44. The lowest BCUT2D eigenvalue weighted by atomic mass is 9.96. The van der Waals surface area contributed by atoms with Crippen LogP contribution >= 0.6 is 27.5 Å². The fourth-order valence-corrected chi connectivity index (χ4v) is 3.28. The third-order valence-corrected chi connectivity index (χ3v) is 4.54. The molecule has 0 spiro atoms. The van der Waals surface area contributed by atoms with E-state index in [4.69, 9.17) is 11.6 Å². The van der Waals surface area contributed by atoms with E-state index in [0.29, 0.717) is 10.7 Å². The second-order valence-electron chi connectivity index (χ2n) is 5.38. The Hall–Kier alpha value is -1.85. The van der Waals surface area contributed by atoms with Crippen molar-refractivity contribution < 1.29 is 9.59 Å². The molecular formula is C17H14BrClN2O2. The summed E-state index contributed by atoms with van der Waals surface area (Å²) in [5.41, 5.74) is 2.48. The Morgan fingerprint density at radius 3 is 2.61 bits per heavy atom. The first kappa shape index (κ1) is 16.0. The zero-order valence-corrected chi connectivity index (χ0v) is 14.7. The summed E-state index contributed by atoms with van der Waals surface area (Å²) in [6, 6.07) is 12.6. The van der Waals surface area contributed by atoms with Gasteiger partial charge in [0.2, 0.25) is 11.8 Å². The van der Waals surface area contributed by atoms with Crippen LogP contribution in [0.1, 0.15) is 24.1 Å². The van der Waals surface area contributed by atoms with E-state index in [9.17, 15) is 9.59 Å². The quantitative estimate of drug-likeness (QED) is 0.796. The number of carbonyl (C=O) groups excluding carboxylic acids is 2. The number of amides is 2. The average Bonchev–Trinajstić information content (AvgIpc) is 2.64. The van der Waals surface area contributed by atoms with Gasteiger partial charge in [-0.05, 0) is 35.9 Å². The molecule has 0 bridgehead atoms. The smallest absolute Gasteiger partial charge is 0.244 e. The molecule has 4 nitrogen and oxygen atoms in total. The van der Waals surface area contributed by atoms with Gasteiger partial charge in [0.05, 0.1) is 6.04 Å². The SMILES string of the molecule is CC(=O)N1CC(=O)Nc2ccc(Br)cc2C1c1ccc(Cl)cc1. The molecule has 2 aromatic rings. The van der Waals surface area contributed by atoms with E-state index in [1.165, 1.54) is 6.92 Å². The maximum atomic E-state index is 12.2. The monoisotopic (exact) mass is 392 g/mol. The van der Waals surface area contributed by atoms with Crippen LogP contribution in [0.5, 0.6) is 0 Å². The van der Waals surface area contributed by atoms with Crippen LogP contribution in [-0.2, 0) is 9.59 Å². The molecule has 0 aromatic heterocycles. The van der Waals surface area contributed by atoms with Gasteiger partial charge >= 0.3 is 0 Å². The predicted molar refractivity (Wildman–Crippen MR) is 93.5 cm³/mol. The Labute approximate surface area is 147 Å². The predicted octanol–water partition coefficient (Wildman–Crippen LogP) is 3.99. The first-order valence-electron chi connectivity index (χ1n) is 7.07. The van der Waals surface area contributed by atoms with E-state index >= 15 is 0 Å². The fourth-order valence-electron chi connectivity index (χ4n) is 2.77. The molecule has 1 atom stereocenters. The van der Waals surface area contributed by atoms with Crippen molar-refractivity contribution in [1.29, 1.82) is 0 Å². The number of carbonyl (C=O) groups is 2. The topological polar surface area (TPSA) is 49.4 Å². The van der Waals surface area contributed by atoms with E-state index in [-0.39, 0.29) is 24.4 Å². The van der Waals surface area contributed by atoms with Crippen molar-refractivity contribution in [3.8, 4) is 0 Å². The Morgan fingerprint density at radius 1 is 1.26 bits per heavy atom. The molecule has 1 unspecified atom stereocenters. The molecule has 0 saturated heterocycles. The van der Waals surface area contributed by atoms with Gasteiger partial charge in [0, 0.05) is 27.7 Å². The van der Waals surface area contributed by atoms with E-state index in [2.05, 4.69) is 21.2 Å². The summed E-state index contributed by atoms with van der Waals surface area (Å²) in [4.78, 5) is 25.9. The minimum atomic E-state index is -0.351. The summed E-state index contributed by atoms with van der Waals surface area (Å²) in [5, 5.41) is 3.49. The maximum Gasteiger partial charge on any atom is 0.244 e. The number of hydrogen-bond acceptors (Lipinski definition) is 2. The molecule has 1 N–H and O–H groups in total. The fraction of sp³-hybridized carbons (Fsp3) is 0.176. The summed E-state index contributed by atoms with van der Waals surface area (Å²) in [6.07, 6.45) is 0. The Balaban J connectivity index is 2.21. The number of benzene rings is 2. The van der Waals surface area contributed by atoms with Gasteiger partial charge in [-0.25, -0.2) is 0 Å². The van der Waals surface area contributed by atoms with Gasteiger partial charge in [0.15, 0.2) is 0 Å². The van der Waals surface area contributed by atoms with Crippen molar-refractivity contribution in [1.82, 2.24) is 4.90 Å². The Kier molecular flexibility index (Phi) is 4.41. The standard InChI is InChI=1S/C17H14BrClN2O2/c1-10(22)21-9-16(23)20-15-7-4-12(18)8-14(15)17(21)11-2-5-13(19)6-3-11/h2-8,17H,9H2,1H3,(H,20,23). The van der Waals surface area contributed by atoms with Crippen molar-refractivity contribution in [3.05, 3.63) is 63.1 Å². The van der Waals surface area contributed by atoms with Gasteiger partial charge in [-0.2, -0.15) is 0 Å². The van der Waals surface area contributed by atoms with Crippen LogP contribution in [0, 0.1) is 0 Å². The normalized spacial score (nSPS) is 17.3. The van der Waals surface area contributed by atoms with Gasteiger partial charge in [0.25, 0.3) is 0 Å². The van der Waals surface area contributed by atoms with Crippen LogP contribution in [0.25, 0.3) is 0 Å². The Morgan fingerprint density at radius 2 is 1.96 bits per heavy atom. The van der Waals surface area contributed by atoms with Crippen LogP contribution in [-0.4, -0.2) is 23.3 Å². The molecule has 1 aliphatic heterocycles. The number of hydrogen-bond donors (Lipinski definition) is 1. The van der Waals surface area contributed by atoms with E-state index in [1.54, 1.807) is 17.0 Å². The maximum absolute atomic E-state index is 12.2. The third kappa shape index (κ3) is 3.26. The van der Waals surface area contributed by atoms with Crippen LogP contribution in [0.2, 0.25) is 5.02 Å². The largest absolute Gasteiger partial charge is 0.324 e. The summed E-state index contributed by atoms with van der Waals surface area (Å²) < 4.78 is 0.884. The van der Waals surface area contributed by atoms with E-state index < -0.39 is 0 Å². The number of halogens is 2. The van der Waals surface area contributed by atoms with E-state index in [1.807, 2.05) is 30.3 Å². The molecule has 1 heterocycles. The van der Waals surface area contributed by atoms with Crippen molar-refractivity contribution in [2.75, 3.05) is 11.9 Å². The third-order valence-electron chi connectivity index (χ3n) is 3.80. The number of nitrogens with one attached hydrogen (secondary N) is 1. The van der Waals surface area contributed by atoms with E-state index in [0.717, 1.165) is 15.6 Å². The first-order chi connectivity index (χ1) is 11.0. The van der Waals surface area contributed by atoms with Crippen molar-refractivity contribution in [3.63, 3.8) is 0 Å². The molecule has 1 aliphatic rings. The van der Waals surface area contributed by atoms with Crippen LogP contribution in [0.3, 0.4) is 0 Å². The highest BCUT2D eigenvalue weighted by Crippen LogP contribution is 2.37. The van der Waals surface area contributed by atoms with Gasteiger partial charge in [-0.3, -0.25) is 9.59 Å². The minimum Gasteiger partial charge on any atom is -0.324 e. The highest BCUT2D eigenvalue weighted by molar-refractivity contribution is 9.10. The zero-order chi connectivity index (χ0) is 16.6. The molecule has 0 radical (unpaired) electrons. The second-order valence-corrected chi connectivity index (χ2v) is 6.73. The molecule has 0 aliphatic carbocycles. The van der Waals surface area contributed by atoms with Crippen LogP contribution in [0.15, 0.2) is 46.9 Å². The van der Waals surface area contributed by atoms with Crippen molar-refractivity contribution in [2.45, 2.75) is 13.0 Å². The molecule has 2 aromatic carbocycles. The van der Waals surface area contributed by atoms with Crippen molar-refractivity contribution in [2.24, 2.45) is 0 Å². The number of anilines is 1. The molecule has 2 amide bonds. The first-order valence-corrected chi connectivity index (χ1v) is 8.25. The van der Waals surface area contributed by atoms with Crippen LogP contribution in [0.4, 0.5) is 5.69 Å². The number of nitrogens with zero attached hydrogens (tertiary/aromatic N) is 1. The highest BCUT2D eigenvalue weighted by Gasteiger charge is 2.31. The molecule has 23 heavy (non-hydrogen) atoms. The van der Waals surface area contributed by atoms with Gasteiger partial charge in [-0.15, -0.1) is 0 Å². The molecule has 3 rings (SSSR count). The van der Waals surface area contributed by atoms with Crippen molar-refractivity contribution >= 4 is 45.0 Å². The van der Waals surface area contributed by atoms with Gasteiger partial charge in [-0.1, -0.05) is 39.7 Å². The average molecular weight is 394 g/mol. The van der Waals surface area contributed by atoms with Gasteiger partial charge < -0.3 is 10.2 Å². The summed E-state index contributed by atoms with van der Waals surface area (Å²) in [7, 11) is 0. The summed E-state index contributed by atoms with van der Waals surface area (Å²) in [5.74, 6) is -0.367. The molecule has 0 fully saturated rings. The molecule has 0 saturated carbocycles. The lowest BCUT2D eigenvalue weighted by Gasteiger charge is -2.29. The minimum absolute atomic E-state index is 0.00885. The van der Waals surface area contributed by atoms with Crippen LogP contribution < -0.4 is 5.32 Å². The lowest BCUT2D eigenvalue weighted by molar-refractivity contribution is -0.134. The Bertz CT molecular complexity index is 777. The highest BCUT2D eigenvalue weighted by atomic mass is 79.9. The second kappa shape index (κ2) is 6.34. The van der Waals surface area contributed by atoms with Gasteiger partial charge in [0.1, 0.15) is 6.54 Å². The zero-order valence-electron chi connectivity index (χ0n) is 12.3. The summed E-state index contributed by atoms with van der Waals surface area (Å²) in [6.45, 7) is 1.48. The molecule has 118 valence electrons. The molecule has 6 heteroatoms. The number of rotatable bonds is 1. The number of fused-ring (bicyclic) bond motifs is 1. The molecular weight excluding hydrogens is 380 g/mol. The lowest BCUT2D eigenvalue weighted by Crippen LogP contribution is -2.37.